The van der Waals surface area contributed by atoms with Gasteiger partial charge in [-0.1, -0.05) is 12.1 Å². The number of nitro benzene ring substituents is 1. The van der Waals surface area contributed by atoms with Crippen molar-refractivity contribution in [2.45, 2.75) is 13.0 Å². The molecule has 1 rings (SSSR count). The van der Waals surface area contributed by atoms with Crippen LogP contribution in [0.1, 0.15) is 18.6 Å². The third-order valence-electron chi connectivity index (χ3n) is 2.74. The van der Waals surface area contributed by atoms with Crippen molar-refractivity contribution >= 4 is 11.4 Å². The molecule has 0 aliphatic heterocycles. The summed E-state index contributed by atoms with van der Waals surface area (Å²) in [6, 6.07) is 4.58. The molecule has 2 N–H and O–H groups in total. The Bertz CT molecular complexity index is 460. The maximum absolute atomic E-state index is 11.1. The lowest BCUT2D eigenvalue weighted by molar-refractivity contribution is -0.384. The molecule has 0 aliphatic rings. The predicted octanol–water partition coefficient (Wildman–Crippen LogP) is 1.63. The molecule has 0 spiro atoms. The van der Waals surface area contributed by atoms with Crippen molar-refractivity contribution in [3.05, 3.63) is 46.5 Å². The van der Waals surface area contributed by atoms with Gasteiger partial charge < -0.3 is 15.1 Å². The highest BCUT2D eigenvalue weighted by Gasteiger charge is 2.20. The van der Waals surface area contributed by atoms with Crippen LogP contribution in [0.15, 0.2) is 30.9 Å². The maximum Gasteiger partial charge on any atom is 0.292 e. The molecule has 0 heterocycles. The topological polar surface area (TPSA) is 86.8 Å². The standard InChI is InChI=1S/C13H18N2O4/c1-3-6-14(7-8-16)12-5-4-11(10(2)17)9-13(12)15(18)19/h3-5,9-10,16-17H,1,6-8H2,2H3/t10-/m0/s1. The largest absolute Gasteiger partial charge is 0.395 e. The third-order valence-corrected chi connectivity index (χ3v) is 2.74. The van der Waals surface area contributed by atoms with E-state index in [1.165, 1.54) is 6.07 Å². The quantitative estimate of drug-likeness (QED) is 0.445. The van der Waals surface area contributed by atoms with E-state index in [4.69, 9.17) is 5.11 Å². The molecule has 1 aromatic rings. The molecule has 6 nitrogen and oxygen atoms in total. The van der Waals surface area contributed by atoms with Crippen LogP contribution in [0, 0.1) is 10.1 Å². The summed E-state index contributed by atoms with van der Waals surface area (Å²) in [5.74, 6) is 0. The summed E-state index contributed by atoms with van der Waals surface area (Å²) in [5, 5.41) is 29.6. The number of hydrogen-bond donors (Lipinski definition) is 2. The Hall–Kier alpha value is -1.92. The molecule has 19 heavy (non-hydrogen) atoms. The number of anilines is 1. The summed E-state index contributed by atoms with van der Waals surface area (Å²) in [5.41, 5.74) is 0.801. The van der Waals surface area contributed by atoms with Gasteiger partial charge in [0.25, 0.3) is 5.69 Å². The lowest BCUT2D eigenvalue weighted by Gasteiger charge is -2.22. The molecular weight excluding hydrogens is 248 g/mol. The lowest BCUT2D eigenvalue weighted by Crippen LogP contribution is -2.27. The predicted molar refractivity (Wildman–Crippen MR) is 73.2 cm³/mol. The Morgan fingerprint density at radius 3 is 2.74 bits per heavy atom. The number of aliphatic hydroxyl groups excluding tert-OH is 2. The van der Waals surface area contributed by atoms with Crippen LogP contribution >= 0.6 is 0 Å². The maximum atomic E-state index is 11.1. The van der Waals surface area contributed by atoms with Crippen LogP contribution in [-0.2, 0) is 0 Å². The normalized spacial score (nSPS) is 11.9. The van der Waals surface area contributed by atoms with Gasteiger partial charge in [-0.05, 0) is 18.6 Å². The van der Waals surface area contributed by atoms with Gasteiger partial charge in [-0.15, -0.1) is 6.58 Å². The van der Waals surface area contributed by atoms with Crippen molar-refractivity contribution in [2.75, 3.05) is 24.6 Å². The number of aliphatic hydroxyl groups is 2. The van der Waals surface area contributed by atoms with Gasteiger partial charge in [-0.3, -0.25) is 10.1 Å². The number of nitro groups is 1. The van der Waals surface area contributed by atoms with Gasteiger partial charge in [0.15, 0.2) is 0 Å². The third kappa shape index (κ3) is 3.77. The fraction of sp³-hybridized carbons (Fsp3) is 0.385. The number of rotatable bonds is 7. The average molecular weight is 266 g/mol. The summed E-state index contributed by atoms with van der Waals surface area (Å²) < 4.78 is 0. The highest BCUT2D eigenvalue weighted by molar-refractivity contribution is 5.64. The van der Waals surface area contributed by atoms with Crippen LogP contribution < -0.4 is 4.90 Å². The fourth-order valence-electron chi connectivity index (χ4n) is 1.80. The molecule has 0 fully saturated rings. The molecular formula is C13H18N2O4. The minimum absolute atomic E-state index is 0.0892. The van der Waals surface area contributed by atoms with Crippen LogP contribution in [0.3, 0.4) is 0 Å². The summed E-state index contributed by atoms with van der Waals surface area (Å²) >= 11 is 0. The summed E-state index contributed by atoms with van der Waals surface area (Å²) in [7, 11) is 0. The molecule has 0 aromatic heterocycles. The zero-order valence-corrected chi connectivity index (χ0v) is 10.8. The Morgan fingerprint density at radius 1 is 1.58 bits per heavy atom. The Labute approximate surface area is 111 Å². The Kier molecular flexibility index (Phi) is 5.47. The van der Waals surface area contributed by atoms with Gasteiger partial charge in [-0.2, -0.15) is 0 Å². The zero-order valence-electron chi connectivity index (χ0n) is 10.8. The number of benzene rings is 1. The van der Waals surface area contributed by atoms with Gasteiger partial charge >= 0.3 is 0 Å². The highest BCUT2D eigenvalue weighted by Crippen LogP contribution is 2.31. The molecule has 1 atom stereocenters. The lowest BCUT2D eigenvalue weighted by atomic mass is 10.1. The van der Waals surface area contributed by atoms with Gasteiger partial charge in [0, 0.05) is 19.2 Å². The monoisotopic (exact) mass is 266 g/mol. The molecule has 0 amide bonds. The SMILES string of the molecule is C=CCN(CCO)c1ccc([C@H](C)O)cc1[N+](=O)[O-]. The summed E-state index contributed by atoms with van der Waals surface area (Å²) in [6.07, 6.45) is 0.848. The van der Waals surface area contributed by atoms with Crippen molar-refractivity contribution in [1.82, 2.24) is 0 Å². The van der Waals surface area contributed by atoms with E-state index < -0.39 is 11.0 Å². The molecule has 1 aromatic carbocycles. The van der Waals surface area contributed by atoms with Crippen LogP contribution in [0.2, 0.25) is 0 Å². The first-order valence-electron chi connectivity index (χ1n) is 5.94. The van der Waals surface area contributed by atoms with E-state index in [-0.39, 0.29) is 18.8 Å². The van der Waals surface area contributed by atoms with E-state index in [2.05, 4.69) is 6.58 Å². The van der Waals surface area contributed by atoms with Crippen LogP contribution in [0.5, 0.6) is 0 Å². The second-order valence-electron chi connectivity index (χ2n) is 4.14. The molecule has 0 aliphatic carbocycles. The molecule has 0 unspecified atom stereocenters. The van der Waals surface area contributed by atoms with Crippen molar-refractivity contribution in [3.63, 3.8) is 0 Å². The second-order valence-corrected chi connectivity index (χ2v) is 4.14. The van der Waals surface area contributed by atoms with Crippen LogP contribution in [-0.4, -0.2) is 34.8 Å². The van der Waals surface area contributed by atoms with E-state index in [0.717, 1.165) is 0 Å². The van der Waals surface area contributed by atoms with Crippen LogP contribution in [0.25, 0.3) is 0 Å². The molecule has 0 saturated heterocycles. The molecule has 0 bridgehead atoms. The minimum atomic E-state index is -0.765. The Morgan fingerprint density at radius 2 is 2.26 bits per heavy atom. The number of hydrogen-bond acceptors (Lipinski definition) is 5. The average Bonchev–Trinajstić information content (AvgIpc) is 2.37. The van der Waals surface area contributed by atoms with E-state index in [9.17, 15) is 15.2 Å². The zero-order chi connectivity index (χ0) is 14.4. The van der Waals surface area contributed by atoms with Crippen molar-refractivity contribution in [2.24, 2.45) is 0 Å². The van der Waals surface area contributed by atoms with Crippen molar-refractivity contribution in [3.8, 4) is 0 Å². The molecule has 6 heteroatoms. The van der Waals surface area contributed by atoms with Crippen molar-refractivity contribution < 1.29 is 15.1 Å². The van der Waals surface area contributed by atoms with E-state index in [1.54, 1.807) is 30.0 Å². The van der Waals surface area contributed by atoms with Gasteiger partial charge in [-0.25, -0.2) is 0 Å². The second kappa shape index (κ2) is 6.86. The summed E-state index contributed by atoms with van der Waals surface area (Å²) in [6.45, 7) is 5.71. The van der Waals surface area contributed by atoms with Gasteiger partial charge in [0.1, 0.15) is 5.69 Å². The van der Waals surface area contributed by atoms with Crippen molar-refractivity contribution in [1.29, 1.82) is 0 Å². The smallest absolute Gasteiger partial charge is 0.292 e. The first-order valence-corrected chi connectivity index (χ1v) is 5.94. The van der Waals surface area contributed by atoms with Gasteiger partial charge in [0.2, 0.25) is 0 Å². The molecule has 0 radical (unpaired) electrons. The minimum Gasteiger partial charge on any atom is -0.395 e. The summed E-state index contributed by atoms with van der Waals surface area (Å²) in [4.78, 5) is 12.3. The van der Waals surface area contributed by atoms with Crippen LogP contribution in [0.4, 0.5) is 11.4 Å². The fourth-order valence-corrected chi connectivity index (χ4v) is 1.80. The highest BCUT2D eigenvalue weighted by atomic mass is 16.6. The van der Waals surface area contributed by atoms with E-state index >= 15 is 0 Å². The van der Waals surface area contributed by atoms with E-state index in [1.807, 2.05) is 0 Å². The first-order chi connectivity index (χ1) is 9.01. The molecule has 0 saturated carbocycles. The van der Waals surface area contributed by atoms with E-state index in [0.29, 0.717) is 17.8 Å². The Balaban J connectivity index is 3.24. The first kappa shape index (κ1) is 15.1. The molecule has 104 valence electrons. The number of nitrogens with zero attached hydrogens (tertiary/aromatic N) is 2. The van der Waals surface area contributed by atoms with Gasteiger partial charge in [0.05, 0.1) is 17.6 Å².